The maximum atomic E-state index is 12.4. The molecule has 0 unspecified atom stereocenters. The van der Waals surface area contributed by atoms with Gasteiger partial charge in [-0.3, -0.25) is 4.79 Å². The van der Waals surface area contributed by atoms with Crippen molar-refractivity contribution in [3.05, 3.63) is 77.9 Å². The smallest absolute Gasteiger partial charge is 0.200 e. The number of nitriles is 1. The van der Waals surface area contributed by atoms with E-state index in [0.29, 0.717) is 28.4 Å². The Hall–Kier alpha value is -3.78. The van der Waals surface area contributed by atoms with Gasteiger partial charge >= 0.3 is 0 Å². The average Bonchev–Trinajstić information content (AvgIpc) is 2.77. The summed E-state index contributed by atoms with van der Waals surface area (Å²) < 4.78 is 16.0. The molecule has 28 heavy (non-hydrogen) atoms. The molecular formula is C23H19NO4. The summed E-state index contributed by atoms with van der Waals surface area (Å²) in [6, 6.07) is 21.9. The predicted molar refractivity (Wildman–Crippen MR) is 106 cm³/mol. The number of carbonyl (C=O) groups excluding carboxylic acids is 1. The van der Waals surface area contributed by atoms with Crippen LogP contribution in [0.25, 0.3) is 11.1 Å². The first-order chi connectivity index (χ1) is 13.6. The van der Waals surface area contributed by atoms with E-state index in [9.17, 15) is 4.79 Å². The number of hydrogen-bond donors (Lipinski definition) is 0. The number of rotatable bonds is 7. The highest BCUT2D eigenvalue weighted by Gasteiger charge is 2.11. The van der Waals surface area contributed by atoms with E-state index in [4.69, 9.17) is 19.5 Å². The molecule has 3 aromatic rings. The fourth-order valence-electron chi connectivity index (χ4n) is 2.72. The maximum absolute atomic E-state index is 12.4. The molecule has 5 nitrogen and oxygen atoms in total. The third-order valence-corrected chi connectivity index (χ3v) is 4.28. The Balaban J connectivity index is 1.64. The van der Waals surface area contributed by atoms with Gasteiger partial charge in [-0.1, -0.05) is 24.3 Å². The third-order valence-electron chi connectivity index (χ3n) is 4.28. The summed E-state index contributed by atoms with van der Waals surface area (Å²) in [4.78, 5) is 12.4. The van der Waals surface area contributed by atoms with Crippen LogP contribution in [0.2, 0.25) is 0 Å². The fraction of sp³-hybridized carbons (Fsp3) is 0.130. The largest absolute Gasteiger partial charge is 0.493 e. The molecule has 0 aliphatic heterocycles. The summed E-state index contributed by atoms with van der Waals surface area (Å²) in [6.07, 6.45) is 0. The van der Waals surface area contributed by atoms with Crippen LogP contribution in [0.5, 0.6) is 17.2 Å². The summed E-state index contributed by atoms with van der Waals surface area (Å²) in [5.74, 6) is 1.52. The van der Waals surface area contributed by atoms with Crippen molar-refractivity contribution >= 4 is 5.78 Å². The molecule has 0 atom stereocenters. The number of methoxy groups -OCH3 is 2. The molecule has 3 rings (SSSR count). The van der Waals surface area contributed by atoms with Gasteiger partial charge in [-0.2, -0.15) is 5.26 Å². The van der Waals surface area contributed by atoms with Crippen LogP contribution in [0.4, 0.5) is 0 Å². The van der Waals surface area contributed by atoms with Gasteiger partial charge in [0, 0.05) is 5.56 Å². The highest BCUT2D eigenvalue weighted by atomic mass is 16.5. The SMILES string of the molecule is COc1ccc(C(=O)COc2ccc(-c3ccc(C#N)cc3)cc2)cc1OC. The van der Waals surface area contributed by atoms with Crippen LogP contribution in [0, 0.1) is 11.3 Å². The highest BCUT2D eigenvalue weighted by molar-refractivity contribution is 5.97. The molecule has 0 heterocycles. The molecule has 0 aromatic heterocycles. The van der Waals surface area contributed by atoms with Gasteiger partial charge in [0.25, 0.3) is 0 Å². The van der Waals surface area contributed by atoms with Crippen LogP contribution in [-0.2, 0) is 0 Å². The van der Waals surface area contributed by atoms with Crippen molar-refractivity contribution < 1.29 is 19.0 Å². The van der Waals surface area contributed by atoms with Gasteiger partial charge in [0.1, 0.15) is 5.75 Å². The van der Waals surface area contributed by atoms with E-state index in [1.165, 1.54) is 7.11 Å². The second-order valence-corrected chi connectivity index (χ2v) is 6.00. The number of carbonyl (C=O) groups is 1. The number of ether oxygens (including phenoxy) is 3. The molecule has 0 aliphatic rings. The molecule has 0 saturated heterocycles. The topological polar surface area (TPSA) is 68.5 Å². The Morgan fingerprint density at radius 2 is 1.46 bits per heavy atom. The standard InChI is InChI=1S/C23H19NO4/c1-26-22-12-9-19(13-23(22)27-2)21(25)15-28-20-10-7-18(8-11-20)17-5-3-16(14-24)4-6-17/h3-13H,15H2,1-2H3. The molecule has 0 spiro atoms. The van der Waals surface area contributed by atoms with Crippen molar-refractivity contribution in [2.45, 2.75) is 0 Å². The van der Waals surface area contributed by atoms with Crippen molar-refractivity contribution in [1.29, 1.82) is 5.26 Å². The zero-order chi connectivity index (χ0) is 19.9. The lowest BCUT2D eigenvalue weighted by Gasteiger charge is -2.10. The Morgan fingerprint density at radius 3 is 2.04 bits per heavy atom. The van der Waals surface area contributed by atoms with Crippen LogP contribution >= 0.6 is 0 Å². The summed E-state index contributed by atoms with van der Waals surface area (Å²) in [7, 11) is 3.07. The number of hydrogen-bond acceptors (Lipinski definition) is 5. The van der Waals surface area contributed by atoms with Crippen LogP contribution in [0.3, 0.4) is 0 Å². The van der Waals surface area contributed by atoms with E-state index >= 15 is 0 Å². The molecule has 0 amide bonds. The molecule has 140 valence electrons. The van der Waals surface area contributed by atoms with Crippen molar-refractivity contribution in [3.8, 4) is 34.4 Å². The number of benzene rings is 3. The highest BCUT2D eigenvalue weighted by Crippen LogP contribution is 2.28. The Bertz CT molecular complexity index is 1000. The van der Waals surface area contributed by atoms with E-state index in [1.54, 1.807) is 37.4 Å². The molecule has 0 saturated carbocycles. The van der Waals surface area contributed by atoms with Crippen LogP contribution in [-0.4, -0.2) is 26.6 Å². The fourth-order valence-corrected chi connectivity index (χ4v) is 2.72. The van der Waals surface area contributed by atoms with Gasteiger partial charge in [-0.25, -0.2) is 0 Å². The quantitative estimate of drug-likeness (QED) is 0.570. The van der Waals surface area contributed by atoms with Gasteiger partial charge in [-0.15, -0.1) is 0 Å². The minimum absolute atomic E-state index is 0.0777. The molecule has 0 radical (unpaired) electrons. The van der Waals surface area contributed by atoms with Crippen molar-refractivity contribution in [2.24, 2.45) is 0 Å². The monoisotopic (exact) mass is 373 g/mol. The second kappa shape index (κ2) is 8.74. The van der Waals surface area contributed by atoms with Crippen molar-refractivity contribution in [2.75, 3.05) is 20.8 Å². The van der Waals surface area contributed by atoms with Gasteiger partial charge in [-0.05, 0) is 53.6 Å². The molecule has 3 aromatic carbocycles. The molecular weight excluding hydrogens is 354 g/mol. The van der Waals surface area contributed by atoms with Crippen LogP contribution < -0.4 is 14.2 Å². The zero-order valence-electron chi connectivity index (χ0n) is 15.6. The zero-order valence-corrected chi connectivity index (χ0v) is 15.6. The molecule has 0 aliphatic carbocycles. The first-order valence-electron chi connectivity index (χ1n) is 8.63. The van der Waals surface area contributed by atoms with E-state index in [1.807, 2.05) is 36.4 Å². The number of ketones is 1. The molecule has 0 N–H and O–H groups in total. The van der Waals surface area contributed by atoms with Crippen molar-refractivity contribution in [1.82, 2.24) is 0 Å². The summed E-state index contributed by atoms with van der Waals surface area (Å²) in [5.41, 5.74) is 3.12. The van der Waals surface area contributed by atoms with Gasteiger partial charge in [0.05, 0.1) is 25.9 Å². The minimum Gasteiger partial charge on any atom is -0.493 e. The van der Waals surface area contributed by atoms with Gasteiger partial charge < -0.3 is 14.2 Å². The number of nitrogens with zero attached hydrogens (tertiary/aromatic N) is 1. The number of Topliss-reactive ketones (excluding diaryl/α,β-unsaturated/α-hetero) is 1. The van der Waals surface area contributed by atoms with E-state index in [-0.39, 0.29) is 12.4 Å². The summed E-state index contributed by atoms with van der Waals surface area (Å²) >= 11 is 0. The Kier molecular flexibility index (Phi) is 5.93. The van der Waals surface area contributed by atoms with Crippen LogP contribution in [0.15, 0.2) is 66.7 Å². The van der Waals surface area contributed by atoms with E-state index in [2.05, 4.69) is 6.07 Å². The molecule has 5 heteroatoms. The first kappa shape index (κ1) is 19.0. The lowest BCUT2D eigenvalue weighted by molar-refractivity contribution is 0.0921. The Morgan fingerprint density at radius 1 is 0.857 bits per heavy atom. The maximum Gasteiger partial charge on any atom is 0.200 e. The first-order valence-corrected chi connectivity index (χ1v) is 8.63. The summed E-state index contributed by atoms with van der Waals surface area (Å²) in [5, 5.41) is 8.87. The molecule has 0 fully saturated rings. The Labute approximate surface area is 163 Å². The van der Waals surface area contributed by atoms with Gasteiger partial charge in [0.15, 0.2) is 23.9 Å². The second-order valence-electron chi connectivity index (χ2n) is 6.00. The third kappa shape index (κ3) is 4.30. The normalized spacial score (nSPS) is 10.0. The van der Waals surface area contributed by atoms with Crippen LogP contribution in [0.1, 0.15) is 15.9 Å². The molecule has 0 bridgehead atoms. The lowest BCUT2D eigenvalue weighted by Crippen LogP contribution is -2.11. The minimum atomic E-state index is -0.155. The average molecular weight is 373 g/mol. The summed E-state index contributed by atoms with van der Waals surface area (Å²) in [6.45, 7) is -0.0777. The van der Waals surface area contributed by atoms with Gasteiger partial charge in [0.2, 0.25) is 0 Å². The lowest BCUT2D eigenvalue weighted by atomic mass is 10.0. The van der Waals surface area contributed by atoms with E-state index < -0.39 is 0 Å². The van der Waals surface area contributed by atoms with Crippen molar-refractivity contribution in [3.63, 3.8) is 0 Å². The van der Waals surface area contributed by atoms with E-state index in [0.717, 1.165) is 11.1 Å². The predicted octanol–water partition coefficient (Wildman–Crippen LogP) is 4.50.